The summed E-state index contributed by atoms with van der Waals surface area (Å²) in [6, 6.07) is 20.1. The molecule has 0 aromatic heterocycles. The minimum atomic E-state index is -0.438. The zero-order valence-electron chi connectivity index (χ0n) is 24.2. The van der Waals surface area contributed by atoms with Crippen molar-refractivity contribution in [3.8, 4) is 29.1 Å². The van der Waals surface area contributed by atoms with Crippen LogP contribution in [0.2, 0.25) is 0 Å². The zero-order chi connectivity index (χ0) is 30.0. The third kappa shape index (κ3) is 11.4. The van der Waals surface area contributed by atoms with E-state index in [1.807, 2.05) is 49.4 Å². The Hall–Kier alpha value is -4.76. The first-order chi connectivity index (χ1) is 20.5. The molecule has 3 aromatic carbocycles. The second kappa shape index (κ2) is 17.8. The molecule has 3 rings (SSSR count). The predicted molar refractivity (Wildman–Crippen MR) is 165 cm³/mol. The van der Waals surface area contributed by atoms with Gasteiger partial charge in [-0.05, 0) is 118 Å². The molecule has 0 aliphatic rings. The number of hydrogen-bond donors (Lipinski definition) is 0. The molecule has 3 aromatic rings. The van der Waals surface area contributed by atoms with Gasteiger partial charge in [-0.1, -0.05) is 24.5 Å². The van der Waals surface area contributed by atoms with Crippen molar-refractivity contribution < 1.29 is 28.5 Å². The Morgan fingerprint density at radius 3 is 1.98 bits per heavy atom. The number of allylic oxidation sites excluding steroid dienone is 1. The summed E-state index contributed by atoms with van der Waals surface area (Å²) in [7, 11) is 0. The Labute approximate surface area is 249 Å². The molecule has 0 aliphatic heterocycles. The number of ether oxygens (including phenoxy) is 4. The summed E-state index contributed by atoms with van der Waals surface area (Å²) in [6.45, 7) is 10.6. The summed E-state index contributed by atoms with van der Waals surface area (Å²) in [5.41, 5.74) is 2.97. The van der Waals surface area contributed by atoms with Gasteiger partial charge in [0.15, 0.2) is 0 Å². The molecule has 0 heterocycles. The first-order valence-electron chi connectivity index (χ1n) is 14.2. The molecule has 42 heavy (non-hydrogen) atoms. The van der Waals surface area contributed by atoms with Crippen molar-refractivity contribution in [2.45, 2.75) is 45.4 Å². The molecule has 0 N–H and O–H groups in total. The number of rotatable bonds is 16. The van der Waals surface area contributed by atoms with Gasteiger partial charge in [0, 0.05) is 17.2 Å². The SMILES string of the molecule is C=CCCCOc1ccc(C#Cc2ccc(OC(=O)c3ccc(OCCCCCCOC(=O)C=C)cc3)c(C)c2)cc1. The highest BCUT2D eigenvalue weighted by Crippen LogP contribution is 2.21. The van der Waals surface area contributed by atoms with Gasteiger partial charge in [-0.2, -0.15) is 0 Å². The second-order valence-corrected chi connectivity index (χ2v) is 9.58. The molecule has 6 heteroatoms. The summed E-state index contributed by atoms with van der Waals surface area (Å²) in [4.78, 5) is 23.7. The van der Waals surface area contributed by atoms with E-state index < -0.39 is 5.97 Å². The van der Waals surface area contributed by atoms with Crippen molar-refractivity contribution >= 4 is 11.9 Å². The lowest BCUT2D eigenvalue weighted by atomic mass is 10.1. The van der Waals surface area contributed by atoms with Gasteiger partial charge >= 0.3 is 11.9 Å². The van der Waals surface area contributed by atoms with Gasteiger partial charge in [-0.25, -0.2) is 9.59 Å². The summed E-state index contributed by atoms with van der Waals surface area (Å²) in [6.07, 6.45) is 8.56. The van der Waals surface area contributed by atoms with E-state index in [2.05, 4.69) is 25.0 Å². The van der Waals surface area contributed by atoms with Crippen LogP contribution in [0.3, 0.4) is 0 Å². The minimum Gasteiger partial charge on any atom is -0.494 e. The van der Waals surface area contributed by atoms with Crippen LogP contribution in [0.5, 0.6) is 17.2 Å². The number of unbranched alkanes of at least 4 members (excludes halogenated alkanes) is 4. The van der Waals surface area contributed by atoms with Crippen LogP contribution in [0.15, 0.2) is 92.0 Å². The largest absolute Gasteiger partial charge is 0.494 e. The van der Waals surface area contributed by atoms with Crippen LogP contribution in [-0.2, 0) is 9.53 Å². The standard InChI is InChI=1S/C36H38O6/c1-4-6-9-24-39-32-19-14-29(15-20-32)12-13-30-16-23-34(28(3)27-30)42-36(38)31-17-21-33(22-18-31)40-25-10-7-8-11-26-41-35(37)5-2/h4-5,14-23,27H,1-2,6-11,24-26H2,3H3. The fraction of sp³-hybridized carbons (Fsp3) is 0.278. The number of benzene rings is 3. The number of carbonyl (C=O) groups is 2. The molecule has 0 atom stereocenters. The molecule has 0 fully saturated rings. The van der Waals surface area contributed by atoms with E-state index in [1.54, 1.807) is 30.3 Å². The van der Waals surface area contributed by atoms with Gasteiger partial charge in [0.05, 0.1) is 25.4 Å². The van der Waals surface area contributed by atoms with Crippen molar-refractivity contribution in [1.82, 2.24) is 0 Å². The second-order valence-electron chi connectivity index (χ2n) is 9.58. The monoisotopic (exact) mass is 566 g/mol. The smallest absolute Gasteiger partial charge is 0.343 e. The topological polar surface area (TPSA) is 71.1 Å². The fourth-order valence-electron chi connectivity index (χ4n) is 3.86. The quantitative estimate of drug-likeness (QED) is 0.0443. The zero-order valence-corrected chi connectivity index (χ0v) is 24.2. The van der Waals surface area contributed by atoms with Gasteiger partial charge in [0.1, 0.15) is 17.2 Å². The molecule has 0 saturated heterocycles. The lowest BCUT2D eigenvalue weighted by Crippen LogP contribution is -2.09. The van der Waals surface area contributed by atoms with Crippen molar-refractivity contribution in [3.63, 3.8) is 0 Å². The Kier molecular flexibility index (Phi) is 13.5. The van der Waals surface area contributed by atoms with Gasteiger partial charge in [-0.15, -0.1) is 6.58 Å². The number of aryl methyl sites for hydroxylation is 1. The Morgan fingerprint density at radius 2 is 1.33 bits per heavy atom. The highest BCUT2D eigenvalue weighted by atomic mass is 16.5. The Balaban J connectivity index is 1.42. The Morgan fingerprint density at radius 1 is 0.738 bits per heavy atom. The molecule has 0 aliphatic carbocycles. The van der Waals surface area contributed by atoms with Crippen LogP contribution in [0.25, 0.3) is 0 Å². The summed E-state index contributed by atoms with van der Waals surface area (Å²) < 4.78 is 22.1. The number of esters is 2. The summed E-state index contributed by atoms with van der Waals surface area (Å²) in [5, 5.41) is 0. The van der Waals surface area contributed by atoms with Crippen LogP contribution >= 0.6 is 0 Å². The van der Waals surface area contributed by atoms with Crippen molar-refractivity contribution in [2.24, 2.45) is 0 Å². The third-order valence-electron chi connectivity index (χ3n) is 6.21. The van der Waals surface area contributed by atoms with Gasteiger partial charge in [0.25, 0.3) is 0 Å². The first-order valence-corrected chi connectivity index (χ1v) is 14.2. The Bertz CT molecular complexity index is 1380. The molecular formula is C36H38O6. The molecule has 0 bridgehead atoms. The normalized spacial score (nSPS) is 10.1. The number of carbonyl (C=O) groups excluding carboxylic acids is 2. The van der Waals surface area contributed by atoms with Crippen molar-refractivity contribution in [3.05, 3.63) is 114 Å². The maximum absolute atomic E-state index is 12.7. The van der Waals surface area contributed by atoms with Crippen molar-refractivity contribution in [2.75, 3.05) is 19.8 Å². The van der Waals surface area contributed by atoms with E-state index in [4.69, 9.17) is 18.9 Å². The minimum absolute atomic E-state index is 0.389. The molecule has 0 unspecified atom stereocenters. The van der Waals surface area contributed by atoms with Gasteiger partial charge in [-0.3, -0.25) is 0 Å². The highest BCUT2D eigenvalue weighted by molar-refractivity contribution is 5.91. The number of hydrogen-bond acceptors (Lipinski definition) is 6. The molecule has 218 valence electrons. The molecule has 6 nitrogen and oxygen atoms in total. The van der Waals surface area contributed by atoms with E-state index >= 15 is 0 Å². The lowest BCUT2D eigenvalue weighted by Gasteiger charge is -2.09. The molecule has 0 spiro atoms. The van der Waals surface area contributed by atoms with E-state index in [0.29, 0.717) is 36.9 Å². The predicted octanol–water partition coefficient (Wildman–Crippen LogP) is 7.63. The van der Waals surface area contributed by atoms with E-state index in [-0.39, 0.29) is 5.97 Å². The average Bonchev–Trinajstić information content (AvgIpc) is 3.01. The maximum Gasteiger partial charge on any atom is 0.343 e. The van der Waals surface area contributed by atoms with Gasteiger partial charge in [0.2, 0.25) is 0 Å². The molecular weight excluding hydrogens is 528 g/mol. The van der Waals surface area contributed by atoms with E-state index in [9.17, 15) is 9.59 Å². The van der Waals surface area contributed by atoms with E-state index in [0.717, 1.165) is 61.0 Å². The maximum atomic E-state index is 12.7. The highest BCUT2D eigenvalue weighted by Gasteiger charge is 2.11. The first kappa shape index (κ1) is 31.8. The van der Waals surface area contributed by atoms with Crippen LogP contribution in [0.1, 0.15) is 65.6 Å². The van der Waals surface area contributed by atoms with Crippen LogP contribution in [0, 0.1) is 18.8 Å². The van der Waals surface area contributed by atoms with Crippen molar-refractivity contribution in [1.29, 1.82) is 0 Å². The fourth-order valence-corrected chi connectivity index (χ4v) is 3.86. The van der Waals surface area contributed by atoms with Crippen LogP contribution in [0.4, 0.5) is 0 Å². The van der Waals surface area contributed by atoms with Crippen LogP contribution in [-0.4, -0.2) is 31.8 Å². The lowest BCUT2D eigenvalue weighted by molar-refractivity contribution is -0.137. The van der Waals surface area contributed by atoms with Gasteiger partial charge < -0.3 is 18.9 Å². The molecule has 0 saturated carbocycles. The summed E-state index contributed by atoms with van der Waals surface area (Å²) in [5.74, 6) is 7.50. The van der Waals surface area contributed by atoms with Crippen LogP contribution < -0.4 is 14.2 Å². The average molecular weight is 567 g/mol. The molecule has 0 radical (unpaired) electrons. The third-order valence-corrected chi connectivity index (χ3v) is 6.21. The van der Waals surface area contributed by atoms with E-state index in [1.165, 1.54) is 6.08 Å². The molecule has 0 amide bonds. The summed E-state index contributed by atoms with van der Waals surface area (Å²) >= 11 is 0.